The van der Waals surface area contributed by atoms with Gasteiger partial charge in [0.15, 0.2) is 5.96 Å². The van der Waals surface area contributed by atoms with Crippen LogP contribution in [0.4, 0.5) is 0 Å². The predicted octanol–water partition coefficient (Wildman–Crippen LogP) is 2.78. The molecule has 162 valence electrons. The summed E-state index contributed by atoms with van der Waals surface area (Å²) in [5.41, 5.74) is 0. The van der Waals surface area contributed by atoms with Gasteiger partial charge in [-0.25, -0.2) is 9.98 Å². The summed E-state index contributed by atoms with van der Waals surface area (Å²) in [6.07, 6.45) is 10.7. The predicted molar refractivity (Wildman–Crippen MR) is 117 cm³/mol. The van der Waals surface area contributed by atoms with Crippen LogP contribution in [0.25, 0.3) is 0 Å². The van der Waals surface area contributed by atoms with Gasteiger partial charge in [0.1, 0.15) is 12.4 Å². The molecule has 2 heterocycles. The fourth-order valence-corrected chi connectivity index (χ4v) is 4.40. The van der Waals surface area contributed by atoms with Crippen molar-refractivity contribution in [2.45, 2.75) is 78.4 Å². The van der Waals surface area contributed by atoms with Crippen molar-refractivity contribution < 1.29 is 4.79 Å². The molecule has 2 N–H and O–H groups in total. The minimum absolute atomic E-state index is 0.254. The number of imidazole rings is 1. The van der Waals surface area contributed by atoms with Crippen LogP contribution < -0.4 is 10.6 Å². The number of aliphatic imine (C=N–C) groups is 1. The Bertz CT molecular complexity index is 677. The minimum atomic E-state index is 0.254. The average Bonchev–Trinajstić information content (AvgIpc) is 3.35. The molecule has 2 aliphatic rings. The van der Waals surface area contributed by atoms with Gasteiger partial charge in [0.25, 0.3) is 0 Å². The lowest BCUT2D eigenvalue weighted by atomic mass is 9.88. The van der Waals surface area contributed by atoms with Crippen LogP contribution in [0.1, 0.15) is 65.1 Å². The molecule has 1 unspecified atom stereocenters. The molecule has 1 amide bonds. The zero-order valence-electron chi connectivity index (χ0n) is 18.4. The lowest BCUT2D eigenvalue weighted by Crippen LogP contribution is -2.45. The third kappa shape index (κ3) is 6.21. The lowest BCUT2D eigenvalue weighted by molar-refractivity contribution is -0.135. The molecule has 1 aliphatic carbocycles. The van der Waals surface area contributed by atoms with E-state index in [0.717, 1.165) is 57.2 Å². The summed E-state index contributed by atoms with van der Waals surface area (Å²) in [5.74, 6) is 2.99. The van der Waals surface area contributed by atoms with Crippen LogP contribution in [0.15, 0.2) is 17.4 Å². The van der Waals surface area contributed by atoms with Gasteiger partial charge in [0.2, 0.25) is 5.91 Å². The maximum atomic E-state index is 12.8. The van der Waals surface area contributed by atoms with Crippen LogP contribution in [-0.2, 0) is 17.9 Å². The van der Waals surface area contributed by atoms with E-state index in [0.29, 0.717) is 18.4 Å². The third-order valence-corrected chi connectivity index (χ3v) is 5.88. The molecule has 1 aromatic heterocycles. The van der Waals surface area contributed by atoms with Crippen LogP contribution in [0, 0.1) is 11.8 Å². The number of guanidine groups is 1. The quantitative estimate of drug-likeness (QED) is 0.543. The maximum absolute atomic E-state index is 12.8. The smallest absolute Gasteiger partial charge is 0.225 e. The number of nitrogens with zero attached hydrogens (tertiary/aromatic N) is 4. The van der Waals surface area contributed by atoms with E-state index in [1.165, 1.54) is 19.3 Å². The minimum Gasteiger partial charge on any atom is -0.357 e. The number of amides is 1. The molecule has 0 aromatic carbocycles. The van der Waals surface area contributed by atoms with Crippen LogP contribution in [0.5, 0.6) is 0 Å². The SMILES string of the molecule is CCNC(=NCc1nccn1CC(C)C)NC1CCN(C(=O)C2CCCCC2)C1. The van der Waals surface area contributed by atoms with Crippen molar-refractivity contribution in [3.8, 4) is 0 Å². The number of rotatable bonds is 7. The Morgan fingerprint density at radius 3 is 2.79 bits per heavy atom. The third-order valence-electron chi connectivity index (χ3n) is 5.88. The topological polar surface area (TPSA) is 74.6 Å². The molecule has 0 spiro atoms. The highest BCUT2D eigenvalue weighted by Crippen LogP contribution is 2.26. The summed E-state index contributed by atoms with van der Waals surface area (Å²) >= 11 is 0. The highest BCUT2D eigenvalue weighted by Gasteiger charge is 2.31. The second-order valence-electron chi connectivity index (χ2n) is 8.83. The van der Waals surface area contributed by atoms with Gasteiger partial charge < -0.3 is 20.1 Å². The number of carbonyl (C=O) groups excluding carboxylic acids is 1. The average molecular weight is 403 g/mol. The van der Waals surface area contributed by atoms with Gasteiger partial charge in [0, 0.05) is 50.5 Å². The van der Waals surface area contributed by atoms with Crippen molar-refractivity contribution in [3.05, 3.63) is 18.2 Å². The van der Waals surface area contributed by atoms with Gasteiger partial charge in [0.05, 0.1) is 0 Å². The monoisotopic (exact) mass is 402 g/mol. The first-order valence-corrected chi connectivity index (χ1v) is 11.4. The summed E-state index contributed by atoms with van der Waals surface area (Å²) in [4.78, 5) is 24.1. The summed E-state index contributed by atoms with van der Waals surface area (Å²) in [6, 6.07) is 0.260. The van der Waals surface area contributed by atoms with Crippen molar-refractivity contribution in [2.24, 2.45) is 16.8 Å². The van der Waals surface area contributed by atoms with E-state index in [-0.39, 0.29) is 12.0 Å². The highest BCUT2D eigenvalue weighted by molar-refractivity contribution is 5.81. The standard InChI is InChI=1S/C22H38N6O/c1-4-23-22(25-14-20-24-11-13-27(20)15-17(2)3)26-19-10-12-28(16-19)21(29)18-8-6-5-7-9-18/h11,13,17-19H,4-10,12,14-16H2,1-3H3,(H2,23,25,26). The molecule has 0 bridgehead atoms. The Morgan fingerprint density at radius 2 is 2.07 bits per heavy atom. The molecule has 7 heteroatoms. The number of nitrogens with one attached hydrogen (secondary N) is 2. The van der Waals surface area contributed by atoms with E-state index >= 15 is 0 Å². The second kappa shape index (κ2) is 10.6. The first kappa shape index (κ1) is 21.7. The van der Waals surface area contributed by atoms with Gasteiger partial charge in [-0.2, -0.15) is 0 Å². The van der Waals surface area contributed by atoms with Crippen LogP contribution >= 0.6 is 0 Å². The largest absolute Gasteiger partial charge is 0.357 e. The Balaban J connectivity index is 1.54. The Labute approximate surface area is 175 Å². The van der Waals surface area contributed by atoms with Crippen LogP contribution in [0.2, 0.25) is 0 Å². The van der Waals surface area contributed by atoms with E-state index in [1.807, 2.05) is 12.4 Å². The van der Waals surface area contributed by atoms with Gasteiger partial charge in [-0.15, -0.1) is 0 Å². The van der Waals surface area contributed by atoms with Crippen molar-refractivity contribution in [1.29, 1.82) is 0 Å². The number of carbonyl (C=O) groups is 1. The maximum Gasteiger partial charge on any atom is 0.225 e. The molecule has 1 aromatic rings. The molecule has 7 nitrogen and oxygen atoms in total. The van der Waals surface area contributed by atoms with Crippen molar-refractivity contribution >= 4 is 11.9 Å². The molecule has 3 rings (SSSR count). The molecular formula is C22H38N6O. The van der Waals surface area contributed by atoms with Crippen molar-refractivity contribution in [3.63, 3.8) is 0 Å². The Hall–Kier alpha value is -2.05. The van der Waals surface area contributed by atoms with Gasteiger partial charge in [-0.3, -0.25) is 4.79 Å². The molecule has 1 saturated heterocycles. The Kier molecular flexibility index (Phi) is 7.95. The fraction of sp³-hybridized carbons (Fsp3) is 0.773. The van der Waals surface area contributed by atoms with E-state index in [4.69, 9.17) is 4.99 Å². The first-order chi connectivity index (χ1) is 14.1. The van der Waals surface area contributed by atoms with Gasteiger partial charge >= 0.3 is 0 Å². The molecule has 1 aliphatic heterocycles. The summed E-state index contributed by atoms with van der Waals surface area (Å²) in [6.45, 7) is 10.4. The number of aromatic nitrogens is 2. The summed E-state index contributed by atoms with van der Waals surface area (Å²) in [5, 5.41) is 6.87. The highest BCUT2D eigenvalue weighted by atomic mass is 16.2. The summed E-state index contributed by atoms with van der Waals surface area (Å²) < 4.78 is 2.18. The molecule has 1 saturated carbocycles. The normalized spacial score (nSPS) is 21.0. The molecular weight excluding hydrogens is 364 g/mol. The van der Waals surface area contributed by atoms with E-state index in [1.54, 1.807) is 0 Å². The number of hydrogen-bond acceptors (Lipinski definition) is 3. The van der Waals surface area contributed by atoms with E-state index < -0.39 is 0 Å². The van der Waals surface area contributed by atoms with Crippen LogP contribution in [-0.4, -0.2) is 52.0 Å². The Morgan fingerprint density at radius 1 is 1.28 bits per heavy atom. The second-order valence-corrected chi connectivity index (χ2v) is 8.83. The molecule has 2 fully saturated rings. The van der Waals surface area contributed by atoms with E-state index in [2.05, 4.69) is 45.9 Å². The fourth-order valence-electron chi connectivity index (χ4n) is 4.40. The van der Waals surface area contributed by atoms with Gasteiger partial charge in [-0.1, -0.05) is 33.1 Å². The number of hydrogen-bond donors (Lipinski definition) is 2. The zero-order valence-corrected chi connectivity index (χ0v) is 18.4. The summed E-state index contributed by atoms with van der Waals surface area (Å²) in [7, 11) is 0. The van der Waals surface area contributed by atoms with Crippen LogP contribution in [0.3, 0.4) is 0 Å². The van der Waals surface area contributed by atoms with E-state index in [9.17, 15) is 4.79 Å². The van der Waals surface area contributed by atoms with Gasteiger partial charge in [-0.05, 0) is 32.1 Å². The van der Waals surface area contributed by atoms with Crippen molar-refractivity contribution in [1.82, 2.24) is 25.1 Å². The molecule has 1 atom stereocenters. The number of likely N-dealkylation sites (tertiary alicyclic amines) is 1. The first-order valence-electron chi connectivity index (χ1n) is 11.4. The molecule has 29 heavy (non-hydrogen) atoms. The van der Waals surface area contributed by atoms with Crippen molar-refractivity contribution in [2.75, 3.05) is 19.6 Å². The molecule has 0 radical (unpaired) electrons. The lowest BCUT2D eigenvalue weighted by Gasteiger charge is -2.26. The zero-order chi connectivity index (χ0) is 20.6.